The lowest BCUT2D eigenvalue weighted by Gasteiger charge is -2.11. The molecule has 4 nitrogen and oxygen atoms in total. The van der Waals surface area contributed by atoms with E-state index in [9.17, 15) is 18.0 Å². The number of carbonyl (C=O) groups is 1. The van der Waals surface area contributed by atoms with E-state index in [1.54, 1.807) is 6.92 Å². The number of hydrogen-bond acceptors (Lipinski definition) is 5. The maximum atomic E-state index is 12.0. The van der Waals surface area contributed by atoms with Crippen LogP contribution in [0.25, 0.3) is 0 Å². The molecule has 0 atom stereocenters. The molecule has 0 spiro atoms. The summed E-state index contributed by atoms with van der Waals surface area (Å²) in [7, 11) is 0. The van der Waals surface area contributed by atoms with Crippen molar-refractivity contribution in [3.8, 4) is 0 Å². The molecule has 3 N–H and O–H groups in total. The fraction of sp³-hybridized carbons (Fsp3) is 0.417. The summed E-state index contributed by atoms with van der Waals surface area (Å²) in [6, 6.07) is 4.47. The Labute approximate surface area is 118 Å². The standard InChI is InChI=1S/C12H15F3N2O2S/c1-2-19-11(18)8-3-4-9(16)10(7-8)17-5-6-20-12(13,14)15/h3-4,7,17H,2,5-6,16H2,1H3. The SMILES string of the molecule is CCOC(=O)c1ccc(N)c(NCCSC(F)(F)F)c1. The van der Waals surface area contributed by atoms with Gasteiger partial charge >= 0.3 is 11.5 Å². The van der Waals surface area contributed by atoms with Crippen LogP contribution in [0.15, 0.2) is 18.2 Å². The second-order valence-corrected chi connectivity index (χ2v) is 4.90. The van der Waals surface area contributed by atoms with Crippen LogP contribution in [0.2, 0.25) is 0 Å². The molecule has 0 saturated heterocycles. The number of benzene rings is 1. The second kappa shape index (κ2) is 7.28. The average Bonchev–Trinajstić information content (AvgIpc) is 2.35. The third-order valence-electron chi connectivity index (χ3n) is 2.25. The van der Waals surface area contributed by atoms with Crippen LogP contribution in [-0.4, -0.2) is 30.4 Å². The van der Waals surface area contributed by atoms with Crippen molar-refractivity contribution in [2.24, 2.45) is 0 Å². The largest absolute Gasteiger partial charge is 0.462 e. The van der Waals surface area contributed by atoms with Crippen molar-refractivity contribution < 1.29 is 22.7 Å². The van der Waals surface area contributed by atoms with Crippen molar-refractivity contribution in [3.05, 3.63) is 23.8 Å². The number of esters is 1. The maximum Gasteiger partial charge on any atom is 0.441 e. The zero-order chi connectivity index (χ0) is 15.2. The number of nitrogen functional groups attached to an aromatic ring is 1. The molecule has 0 bridgehead atoms. The van der Waals surface area contributed by atoms with Crippen LogP contribution in [0.5, 0.6) is 0 Å². The smallest absolute Gasteiger partial charge is 0.441 e. The van der Waals surface area contributed by atoms with Gasteiger partial charge < -0.3 is 15.8 Å². The predicted octanol–water partition coefficient (Wildman–Crippen LogP) is 3.11. The number of alkyl halides is 3. The van der Waals surface area contributed by atoms with Crippen LogP contribution in [0.3, 0.4) is 0 Å². The van der Waals surface area contributed by atoms with Gasteiger partial charge in [0, 0.05) is 12.3 Å². The van der Waals surface area contributed by atoms with Crippen LogP contribution in [-0.2, 0) is 4.74 Å². The summed E-state index contributed by atoms with van der Waals surface area (Å²) in [5.74, 6) is -0.646. The molecule has 0 aliphatic rings. The summed E-state index contributed by atoms with van der Waals surface area (Å²) < 4.78 is 40.7. The first-order chi connectivity index (χ1) is 9.33. The van der Waals surface area contributed by atoms with Gasteiger partial charge in [-0.1, -0.05) is 0 Å². The van der Waals surface area contributed by atoms with Crippen molar-refractivity contribution in [3.63, 3.8) is 0 Å². The molecule has 20 heavy (non-hydrogen) atoms. The highest BCUT2D eigenvalue weighted by Gasteiger charge is 2.27. The minimum absolute atomic E-state index is 0.0840. The first-order valence-electron chi connectivity index (χ1n) is 5.84. The molecule has 0 unspecified atom stereocenters. The number of rotatable bonds is 6. The van der Waals surface area contributed by atoms with Gasteiger partial charge in [-0.05, 0) is 36.9 Å². The minimum Gasteiger partial charge on any atom is -0.462 e. The normalized spacial score (nSPS) is 11.2. The Bertz CT molecular complexity index is 467. The van der Waals surface area contributed by atoms with Crippen molar-refractivity contribution >= 4 is 29.1 Å². The molecule has 0 aliphatic heterocycles. The number of anilines is 2. The Morgan fingerprint density at radius 3 is 2.75 bits per heavy atom. The zero-order valence-electron chi connectivity index (χ0n) is 10.8. The van der Waals surface area contributed by atoms with Gasteiger partial charge in [0.1, 0.15) is 0 Å². The average molecular weight is 308 g/mol. The Morgan fingerprint density at radius 1 is 1.45 bits per heavy atom. The van der Waals surface area contributed by atoms with Gasteiger partial charge in [0.15, 0.2) is 0 Å². The lowest BCUT2D eigenvalue weighted by Crippen LogP contribution is -2.12. The van der Waals surface area contributed by atoms with Gasteiger partial charge in [-0.15, -0.1) is 0 Å². The molecule has 1 rings (SSSR count). The molecule has 0 fully saturated rings. The molecule has 0 aliphatic carbocycles. The van der Waals surface area contributed by atoms with Gasteiger partial charge in [-0.25, -0.2) is 4.79 Å². The van der Waals surface area contributed by atoms with Crippen LogP contribution < -0.4 is 11.1 Å². The molecular weight excluding hydrogens is 293 g/mol. The second-order valence-electron chi connectivity index (χ2n) is 3.74. The Kier molecular flexibility index (Phi) is 6.00. The summed E-state index contributed by atoms with van der Waals surface area (Å²) in [5, 5.41) is 2.77. The quantitative estimate of drug-likeness (QED) is 0.480. The van der Waals surface area contributed by atoms with Crippen LogP contribution >= 0.6 is 11.8 Å². The number of ether oxygens (including phenoxy) is 1. The van der Waals surface area contributed by atoms with Gasteiger partial charge in [0.2, 0.25) is 0 Å². The van der Waals surface area contributed by atoms with Gasteiger partial charge in [-0.3, -0.25) is 0 Å². The van der Waals surface area contributed by atoms with Crippen molar-refractivity contribution in [2.45, 2.75) is 12.4 Å². The monoisotopic (exact) mass is 308 g/mol. The van der Waals surface area contributed by atoms with E-state index in [2.05, 4.69) is 5.32 Å². The highest BCUT2D eigenvalue weighted by atomic mass is 32.2. The van der Waals surface area contributed by atoms with Gasteiger partial charge in [0.25, 0.3) is 0 Å². The van der Waals surface area contributed by atoms with Crippen LogP contribution in [0, 0.1) is 0 Å². The number of hydrogen-bond donors (Lipinski definition) is 2. The van der Waals surface area contributed by atoms with Crippen molar-refractivity contribution in [1.82, 2.24) is 0 Å². The Hall–Kier alpha value is -1.57. The lowest BCUT2D eigenvalue weighted by molar-refractivity contribution is -0.0327. The summed E-state index contributed by atoms with van der Waals surface area (Å²) in [6.45, 7) is 2.01. The topological polar surface area (TPSA) is 64.3 Å². The fourth-order valence-electron chi connectivity index (χ4n) is 1.40. The number of halogens is 3. The third-order valence-corrected chi connectivity index (χ3v) is 2.98. The van der Waals surface area contributed by atoms with E-state index in [0.717, 1.165) is 0 Å². The van der Waals surface area contributed by atoms with E-state index >= 15 is 0 Å². The van der Waals surface area contributed by atoms with E-state index in [-0.39, 0.29) is 30.7 Å². The zero-order valence-corrected chi connectivity index (χ0v) is 11.6. The Morgan fingerprint density at radius 2 is 2.15 bits per heavy atom. The molecular formula is C12H15F3N2O2S. The summed E-state index contributed by atoms with van der Waals surface area (Å²) >= 11 is -0.118. The molecule has 0 amide bonds. The van der Waals surface area contributed by atoms with Crippen LogP contribution in [0.1, 0.15) is 17.3 Å². The molecule has 112 valence electrons. The Balaban J connectivity index is 2.61. The lowest BCUT2D eigenvalue weighted by atomic mass is 10.1. The van der Waals surface area contributed by atoms with Crippen molar-refractivity contribution in [2.75, 3.05) is 30.0 Å². The molecule has 0 radical (unpaired) electrons. The molecule has 0 heterocycles. The highest BCUT2D eigenvalue weighted by molar-refractivity contribution is 8.00. The van der Waals surface area contributed by atoms with Crippen molar-refractivity contribution in [1.29, 1.82) is 0 Å². The molecule has 1 aromatic carbocycles. The third kappa shape index (κ3) is 5.60. The molecule has 1 aromatic rings. The minimum atomic E-state index is -4.25. The summed E-state index contributed by atoms with van der Waals surface area (Å²) in [5.41, 5.74) is 2.51. The predicted molar refractivity (Wildman–Crippen MR) is 73.8 cm³/mol. The van der Waals surface area contributed by atoms with E-state index in [0.29, 0.717) is 16.9 Å². The molecule has 0 saturated carbocycles. The molecule has 0 aromatic heterocycles. The number of nitrogens with two attached hydrogens (primary N) is 1. The fourth-order valence-corrected chi connectivity index (χ4v) is 1.84. The molecule has 8 heteroatoms. The summed E-state index contributed by atoms with van der Waals surface area (Å²) in [4.78, 5) is 11.5. The summed E-state index contributed by atoms with van der Waals surface area (Å²) in [6.07, 6.45) is 0. The van der Waals surface area contributed by atoms with E-state index < -0.39 is 11.5 Å². The first-order valence-corrected chi connectivity index (χ1v) is 6.83. The number of carbonyl (C=O) groups excluding carboxylic acids is 1. The van der Waals surface area contributed by atoms with Crippen LogP contribution in [0.4, 0.5) is 24.5 Å². The van der Waals surface area contributed by atoms with Gasteiger partial charge in [0.05, 0.1) is 23.5 Å². The first kappa shape index (κ1) is 16.5. The number of thioether (sulfide) groups is 1. The number of nitrogens with one attached hydrogen (secondary N) is 1. The highest BCUT2D eigenvalue weighted by Crippen LogP contribution is 2.30. The van der Waals surface area contributed by atoms with E-state index in [1.165, 1.54) is 18.2 Å². The maximum absolute atomic E-state index is 12.0. The van der Waals surface area contributed by atoms with E-state index in [4.69, 9.17) is 10.5 Å². The van der Waals surface area contributed by atoms with Gasteiger partial charge in [-0.2, -0.15) is 13.2 Å². The van der Waals surface area contributed by atoms with E-state index in [1.807, 2.05) is 0 Å².